The summed E-state index contributed by atoms with van der Waals surface area (Å²) in [7, 11) is 0. The topological polar surface area (TPSA) is 18.5 Å². The predicted octanol–water partition coefficient (Wildman–Crippen LogP) is 3.65. The summed E-state index contributed by atoms with van der Waals surface area (Å²) in [6.45, 7) is 11.0. The van der Waals surface area contributed by atoms with Crippen molar-refractivity contribution in [3.8, 4) is 0 Å². The molecule has 2 heteroatoms. The zero-order chi connectivity index (χ0) is 11.7. The van der Waals surface area contributed by atoms with Crippen LogP contribution in [0, 0.1) is 11.8 Å². The zero-order valence-electron chi connectivity index (χ0n) is 10.6. The Balaban J connectivity index is 2.12. The zero-order valence-corrected chi connectivity index (χ0v) is 10.6. The third kappa shape index (κ3) is 2.26. The average Bonchev–Trinajstić information content (AvgIpc) is 2.56. The van der Waals surface area contributed by atoms with Crippen molar-refractivity contribution in [3.05, 3.63) is 23.7 Å². The van der Waals surface area contributed by atoms with Crippen molar-refractivity contribution in [1.29, 1.82) is 0 Å². The summed E-state index contributed by atoms with van der Waals surface area (Å²) < 4.78 is 11.5. The van der Waals surface area contributed by atoms with Gasteiger partial charge in [-0.05, 0) is 31.3 Å². The van der Waals surface area contributed by atoms with Crippen LogP contribution in [0.25, 0.3) is 0 Å². The SMILES string of the molecule is C=C(C)OCC1CC2CCC(=C1C(C)C)O2. The number of fused-ring (bicyclic) bond motifs is 2. The second-order valence-electron chi connectivity index (χ2n) is 5.26. The predicted molar refractivity (Wildman–Crippen MR) is 64.8 cm³/mol. The van der Waals surface area contributed by atoms with Crippen LogP contribution in [0.3, 0.4) is 0 Å². The Kier molecular flexibility index (Phi) is 3.27. The van der Waals surface area contributed by atoms with E-state index in [1.165, 1.54) is 17.8 Å². The van der Waals surface area contributed by atoms with Crippen molar-refractivity contribution >= 4 is 0 Å². The fourth-order valence-corrected chi connectivity index (χ4v) is 2.86. The molecule has 2 nitrogen and oxygen atoms in total. The molecule has 0 amide bonds. The number of rotatable bonds is 4. The maximum absolute atomic E-state index is 5.91. The number of allylic oxidation sites excluding steroid dienone is 2. The average molecular weight is 222 g/mol. The van der Waals surface area contributed by atoms with Crippen LogP contribution < -0.4 is 0 Å². The van der Waals surface area contributed by atoms with Gasteiger partial charge in [0.1, 0.15) is 0 Å². The minimum Gasteiger partial charge on any atom is -0.498 e. The lowest BCUT2D eigenvalue weighted by molar-refractivity contribution is 0.0781. The third-order valence-electron chi connectivity index (χ3n) is 3.46. The molecule has 0 spiro atoms. The molecule has 2 rings (SSSR count). The molecule has 0 aromatic heterocycles. The molecule has 2 unspecified atom stereocenters. The van der Waals surface area contributed by atoms with E-state index >= 15 is 0 Å². The van der Waals surface area contributed by atoms with E-state index in [1.807, 2.05) is 6.92 Å². The van der Waals surface area contributed by atoms with Gasteiger partial charge in [-0.25, -0.2) is 0 Å². The highest BCUT2D eigenvalue weighted by molar-refractivity contribution is 5.21. The Bertz CT molecular complexity index is 315. The molecule has 0 saturated carbocycles. The van der Waals surface area contributed by atoms with E-state index in [4.69, 9.17) is 9.47 Å². The first-order valence-electron chi connectivity index (χ1n) is 6.25. The Hall–Kier alpha value is -0.920. The van der Waals surface area contributed by atoms with Crippen molar-refractivity contribution in [1.82, 2.24) is 0 Å². The maximum Gasteiger partial charge on any atom is 0.0993 e. The Morgan fingerprint density at radius 1 is 1.56 bits per heavy atom. The highest BCUT2D eigenvalue weighted by Gasteiger charge is 2.36. The molecular formula is C14H22O2. The molecule has 2 heterocycles. The van der Waals surface area contributed by atoms with Crippen molar-refractivity contribution in [3.63, 3.8) is 0 Å². The van der Waals surface area contributed by atoms with E-state index in [0.717, 1.165) is 25.2 Å². The van der Waals surface area contributed by atoms with Crippen LogP contribution >= 0.6 is 0 Å². The van der Waals surface area contributed by atoms with E-state index in [2.05, 4.69) is 20.4 Å². The molecule has 2 aliphatic heterocycles. The van der Waals surface area contributed by atoms with Gasteiger partial charge in [0.25, 0.3) is 0 Å². The highest BCUT2D eigenvalue weighted by Crippen LogP contribution is 2.42. The van der Waals surface area contributed by atoms with Crippen LogP contribution in [0.2, 0.25) is 0 Å². The summed E-state index contributed by atoms with van der Waals surface area (Å²) in [6, 6.07) is 0. The fourth-order valence-electron chi connectivity index (χ4n) is 2.86. The molecule has 1 saturated heterocycles. The summed E-state index contributed by atoms with van der Waals surface area (Å²) in [5.41, 5.74) is 1.48. The number of hydrogen-bond donors (Lipinski definition) is 0. The molecular weight excluding hydrogens is 200 g/mol. The van der Waals surface area contributed by atoms with Crippen molar-refractivity contribution in [2.75, 3.05) is 6.61 Å². The molecule has 2 atom stereocenters. The van der Waals surface area contributed by atoms with Crippen LogP contribution in [0.1, 0.15) is 40.0 Å². The second-order valence-corrected chi connectivity index (χ2v) is 5.26. The van der Waals surface area contributed by atoms with Gasteiger partial charge in [-0.1, -0.05) is 20.4 Å². The van der Waals surface area contributed by atoms with Gasteiger partial charge in [-0.2, -0.15) is 0 Å². The van der Waals surface area contributed by atoms with Crippen molar-refractivity contribution < 1.29 is 9.47 Å². The Labute approximate surface area is 98.3 Å². The first kappa shape index (κ1) is 11.6. The van der Waals surface area contributed by atoms with Crippen molar-refractivity contribution in [2.45, 2.75) is 46.1 Å². The Morgan fingerprint density at radius 3 is 2.94 bits per heavy atom. The lowest BCUT2D eigenvalue weighted by atomic mass is 9.85. The molecule has 2 aliphatic rings. The van der Waals surface area contributed by atoms with Crippen LogP contribution in [-0.4, -0.2) is 12.7 Å². The van der Waals surface area contributed by atoms with Gasteiger partial charge in [-0.15, -0.1) is 0 Å². The molecule has 0 N–H and O–H groups in total. The van der Waals surface area contributed by atoms with Crippen LogP contribution in [0.15, 0.2) is 23.7 Å². The quantitative estimate of drug-likeness (QED) is 0.676. The van der Waals surface area contributed by atoms with Gasteiger partial charge in [0.05, 0.1) is 24.2 Å². The summed E-state index contributed by atoms with van der Waals surface area (Å²) in [4.78, 5) is 0. The molecule has 0 aliphatic carbocycles. The van der Waals surface area contributed by atoms with Crippen LogP contribution in [0.5, 0.6) is 0 Å². The normalized spacial score (nSPS) is 28.2. The molecule has 0 aromatic carbocycles. The monoisotopic (exact) mass is 222 g/mol. The lowest BCUT2D eigenvalue weighted by Crippen LogP contribution is -2.25. The minimum absolute atomic E-state index is 0.441. The number of hydrogen-bond acceptors (Lipinski definition) is 2. The summed E-state index contributed by atoms with van der Waals surface area (Å²) in [5.74, 6) is 3.16. The first-order chi connectivity index (χ1) is 7.58. The minimum atomic E-state index is 0.441. The molecule has 90 valence electrons. The molecule has 1 fully saturated rings. The van der Waals surface area contributed by atoms with E-state index in [-0.39, 0.29) is 0 Å². The van der Waals surface area contributed by atoms with Crippen LogP contribution in [-0.2, 0) is 9.47 Å². The van der Waals surface area contributed by atoms with Gasteiger partial charge in [0.15, 0.2) is 0 Å². The van der Waals surface area contributed by atoms with E-state index in [1.54, 1.807) is 0 Å². The molecule has 0 radical (unpaired) electrons. The van der Waals surface area contributed by atoms with Crippen molar-refractivity contribution in [2.24, 2.45) is 11.8 Å². The smallest absolute Gasteiger partial charge is 0.0993 e. The maximum atomic E-state index is 5.91. The largest absolute Gasteiger partial charge is 0.498 e. The molecule has 2 bridgehead atoms. The summed E-state index contributed by atoms with van der Waals surface area (Å²) in [6.07, 6.45) is 3.87. The summed E-state index contributed by atoms with van der Waals surface area (Å²) >= 11 is 0. The van der Waals surface area contributed by atoms with Gasteiger partial charge in [-0.3, -0.25) is 0 Å². The fraction of sp³-hybridized carbons (Fsp3) is 0.714. The standard InChI is InChI=1S/C14H22O2/c1-9(2)14-11(8-15-10(3)4)7-12-5-6-13(14)16-12/h9,11-12H,3,5-8H2,1-2,4H3. The van der Waals surface area contributed by atoms with E-state index < -0.39 is 0 Å². The second kappa shape index (κ2) is 4.52. The molecule has 16 heavy (non-hydrogen) atoms. The van der Waals surface area contributed by atoms with Gasteiger partial charge in [0.2, 0.25) is 0 Å². The summed E-state index contributed by atoms with van der Waals surface area (Å²) in [5, 5.41) is 0. The van der Waals surface area contributed by atoms with Gasteiger partial charge >= 0.3 is 0 Å². The highest BCUT2D eigenvalue weighted by atomic mass is 16.5. The van der Waals surface area contributed by atoms with Gasteiger partial charge < -0.3 is 9.47 Å². The third-order valence-corrected chi connectivity index (χ3v) is 3.46. The Morgan fingerprint density at radius 2 is 2.31 bits per heavy atom. The van der Waals surface area contributed by atoms with Gasteiger partial charge in [0, 0.05) is 12.3 Å². The van der Waals surface area contributed by atoms with E-state index in [9.17, 15) is 0 Å². The molecule has 0 aromatic rings. The number of ether oxygens (including phenoxy) is 2. The lowest BCUT2D eigenvalue weighted by Gasteiger charge is -2.31. The van der Waals surface area contributed by atoms with Crippen LogP contribution in [0.4, 0.5) is 0 Å². The van der Waals surface area contributed by atoms with E-state index in [0.29, 0.717) is 17.9 Å². The first-order valence-corrected chi connectivity index (χ1v) is 6.25.